The van der Waals surface area contributed by atoms with E-state index in [-0.39, 0.29) is 24.7 Å². The van der Waals surface area contributed by atoms with Crippen LogP contribution in [-0.4, -0.2) is 50.1 Å². The van der Waals surface area contributed by atoms with Crippen molar-refractivity contribution in [2.24, 2.45) is 0 Å². The number of fused-ring (bicyclic) bond motifs is 2. The Morgan fingerprint density at radius 1 is 1.25 bits per heavy atom. The van der Waals surface area contributed by atoms with Crippen LogP contribution in [0, 0.1) is 0 Å². The zero-order chi connectivity index (χ0) is 15.0. The van der Waals surface area contributed by atoms with Gasteiger partial charge in [-0.05, 0) is 25.7 Å². The van der Waals surface area contributed by atoms with E-state index in [1.54, 1.807) is 11.6 Å². The number of piperidine rings is 1. The maximum absolute atomic E-state index is 12.2. The van der Waals surface area contributed by atoms with E-state index < -0.39 is 22.9 Å². The minimum Gasteiger partial charge on any atom is -0.311 e. The molecule has 0 aromatic rings. The Hall–Kier alpha value is -0.380. The number of nitrogens with one attached hydrogen (secondary N) is 2. The van der Waals surface area contributed by atoms with Gasteiger partial charge in [0.15, 0.2) is 0 Å². The van der Waals surface area contributed by atoms with Crippen molar-refractivity contribution in [3.63, 3.8) is 0 Å². The first kappa shape index (κ1) is 16.0. The fourth-order valence-electron chi connectivity index (χ4n) is 3.14. The quantitative estimate of drug-likeness (QED) is 0.795. The van der Waals surface area contributed by atoms with Gasteiger partial charge in [-0.15, -0.1) is 0 Å². The molecule has 2 atom stereocenters. The molecule has 2 aliphatic heterocycles. The predicted octanol–water partition coefficient (Wildman–Crippen LogP) is 0.988. The highest BCUT2D eigenvalue weighted by Crippen LogP contribution is 2.30. The first-order valence-corrected chi connectivity index (χ1v) is 8.24. The first-order valence-electron chi connectivity index (χ1n) is 6.80. The van der Waals surface area contributed by atoms with Crippen molar-refractivity contribution in [1.29, 1.82) is 0 Å². The van der Waals surface area contributed by atoms with Gasteiger partial charge in [-0.25, -0.2) is 0 Å². The summed E-state index contributed by atoms with van der Waals surface area (Å²) in [6, 6.07) is 0.348. The van der Waals surface area contributed by atoms with E-state index in [2.05, 4.69) is 5.32 Å². The molecule has 2 bridgehead atoms. The summed E-state index contributed by atoms with van der Waals surface area (Å²) in [6.07, 6.45) is -1.20. The third-order valence-corrected chi connectivity index (χ3v) is 5.61. The van der Waals surface area contributed by atoms with Gasteiger partial charge in [0.25, 0.3) is 10.2 Å². The molecule has 5 nitrogen and oxygen atoms in total. The van der Waals surface area contributed by atoms with Crippen LogP contribution in [-0.2, 0) is 10.2 Å². The molecule has 9 heteroatoms. The second-order valence-electron chi connectivity index (χ2n) is 5.41. The summed E-state index contributed by atoms with van der Waals surface area (Å²) < 4.78 is 63.4. The molecular formula is C11H20F3N3O2S. The van der Waals surface area contributed by atoms with Crippen molar-refractivity contribution < 1.29 is 21.6 Å². The topological polar surface area (TPSA) is 61.4 Å². The molecule has 0 spiro atoms. The largest absolute Gasteiger partial charge is 0.402 e. The standard InChI is InChI=1S/C11H20F3N3O2S/c1-2-17(20(18,19)15-7-11(12,13)14)10-5-8-3-4-9(6-10)16-8/h8-10,15-16H,2-7H2,1H3. The van der Waals surface area contributed by atoms with Gasteiger partial charge in [0, 0.05) is 24.7 Å². The van der Waals surface area contributed by atoms with E-state index in [4.69, 9.17) is 0 Å². The Morgan fingerprint density at radius 2 is 1.80 bits per heavy atom. The SMILES string of the molecule is CCN(C1CC2CCC(C1)N2)S(=O)(=O)NCC(F)(F)F. The van der Waals surface area contributed by atoms with Crippen LogP contribution in [0.15, 0.2) is 0 Å². The maximum Gasteiger partial charge on any atom is 0.402 e. The van der Waals surface area contributed by atoms with Gasteiger partial charge in [0.1, 0.15) is 6.54 Å². The second kappa shape index (κ2) is 5.78. The minimum absolute atomic E-state index is 0.178. The third-order valence-electron chi connectivity index (χ3n) is 3.93. The van der Waals surface area contributed by atoms with Gasteiger partial charge in [-0.2, -0.15) is 30.6 Å². The maximum atomic E-state index is 12.2. The average Bonchev–Trinajstić information content (AvgIpc) is 2.66. The summed E-state index contributed by atoms with van der Waals surface area (Å²) in [5.74, 6) is 0. The van der Waals surface area contributed by atoms with E-state index in [1.807, 2.05) is 0 Å². The number of halogens is 3. The molecular weight excluding hydrogens is 295 g/mol. The molecule has 2 heterocycles. The van der Waals surface area contributed by atoms with Crippen LogP contribution in [0.4, 0.5) is 13.2 Å². The third kappa shape index (κ3) is 3.84. The highest BCUT2D eigenvalue weighted by atomic mass is 32.2. The number of alkyl halides is 3. The molecule has 0 aliphatic carbocycles. The molecule has 0 radical (unpaired) electrons. The van der Waals surface area contributed by atoms with Crippen LogP contribution < -0.4 is 10.0 Å². The van der Waals surface area contributed by atoms with Gasteiger partial charge in [0.05, 0.1) is 0 Å². The smallest absolute Gasteiger partial charge is 0.311 e. The Bertz CT molecular complexity index is 429. The molecule has 2 aliphatic rings. The molecule has 2 unspecified atom stereocenters. The summed E-state index contributed by atoms with van der Waals surface area (Å²) in [5.41, 5.74) is 0. The fourth-order valence-corrected chi connectivity index (χ4v) is 4.56. The monoisotopic (exact) mass is 315 g/mol. The number of hydrogen-bond acceptors (Lipinski definition) is 3. The molecule has 0 aromatic heterocycles. The highest BCUT2D eigenvalue weighted by Gasteiger charge is 2.40. The van der Waals surface area contributed by atoms with Crippen molar-refractivity contribution in [3.05, 3.63) is 0 Å². The van der Waals surface area contributed by atoms with Crippen molar-refractivity contribution in [1.82, 2.24) is 14.3 Å². The van der Waals surface area contributed by atoms with E-state index in [1.165, 1.54) is 4.31 Å². The zero-order valence-corrected chi connectivity index (χ0v) is 12.1. The van der Waals surface area contributed by atoms with Gasteiger partial charge in [-0.3, -0.25) is 0 Å². The normalized spacial score (nSPS) is 30.9. The van der Waals surface area contributed by atoms with Crippen molar-refractivity contribution in [3.8, 4) is 0 Å². The lowest BCUT2D eigenvalue weighted by molar-refractivity contribution is -0.121. The number of nitrogens with zero attached hydrogens (tertiary/aromatic N) is 1. The van der Waals surface area contributed by atoms with Crippen LogP contribution >= 0.6 is 0 Å². The van der Waals surface area contributed by atoms with Gasteiger partial charge in [0.2, 0.25) is 0 Å². The molecule has 118 valence electrons. The van der Waals surface area contributed by atoms with Crippen molar-refractivity contribution >= 4 is 10.2 Å². The Labute approximate surface area is 117 Å². The zero-order valence-electron chi connectivity index (χ0n) is 11.3. The van der Waals surface area contributed by atoms with E-state index >= 15 is 0 Å². The number of rotatable bonds is 5. The molecule has 20 heavy (non-hydrogen) atoms. The van der Waals surface area contributed by atoms with Crippen molar-refractivity contribution in [2.75, 3.05) is 13.1 Å². The average molecular weight is 315 g/mol. The lowest BCUT2D eigenvalue weighted by Gasteiger charge is -2.36. The lowest BCUT2D eigenvalue weighted by atomic mass is 10.00. The van der Waals surface area contributed by atoms with Crippen molar-refractivity contribution in [2.45, 2.75) is 56.9 Å². The molecule has 0 aromatic carbocycles. The van der Waals surface area contributed by atoms with Gasteiger partial charge < -0.3 is 5.32 Å². The van der Waals surface area contributed by atoms with E-state index in [0.717, 1.165) is 12.8 Å². The fraction of sp³-hybridized carbons (Fsp3) is 1.00. The van der Waals surface area contributed by atoms with E-state index in [0.29, 0.717) is 12.8 Å². The lowest BCUT2D eigenvalue weighted by Crippen LogP contribution is -2.53. The molecule has 2 saturated heterocycles. The summed E-state index contributed by atoms with van der Waals surface area (Å²) >= 11 is 0. The van der Waals surface area contributed by atoms with Gasteiger partial charge >= 0.3 is 6.18 Å². The summed E-state index contributed by atoms with van der Waals surface area (Å²) in [7, 11) is -4.09. The van der Waals surface area contributed by atoms with Gasteiger partial charge in [-0.1, -0.05) is 6.92 Å². The number of hydrogen-bond donors (Lipinski definition) is 2. The van der Waals surface area contributed by atoms with E-state index in [9.17, 15) is 21.6 Å². The van der Waals surface area contributed by atoms with Crippen LogP contribution in [0.1, 0.15) is 32.6 Å². The Balaban J connectivity index is 2.03. The highest BCUT2D eigenvalue weighted by molar-refractivity contribution is 7.87. The van der Waals surface area contributed by atoms with Crippen LogP contribution in [0.3, 0.4) is 0 Å². The summed E-state index contributed by atoms with van der Waals surface area (Å²) in [4.78, 5) is 0. The van der Waals surface area contributed by atoms with Crippen LogP contribution in [0.5, 0.6) is 0 Å². The Morgan fingerprint density at radius 3 is 2.25 bits per heavy atom. The molecule has 2 rings (SSSR count). The Kier molecular flexibility index (Phi) is 4.63. The first-order chi connectivity index (χ1) is 9.21. The van der Waals surface area contributed by atoms with Crippen LogP contribution in [0.25, 0.3) is 0 Å². The summed E-state index contributed by atoms with van der Waals surface area (Å²) in [6.45, 7) is 0.303. The van der Waals surface area contributed by atoms with Crippen LogP contribution in [0.2, 0.25) is 0 Å². The molecule has 0 saturated carbocycles. The molecule has 0 amide bonds. The molecule has 2 fully saturated rings. The summed E-state index contributed by atoms with van der Waals surface area (Å²) in [5, 5.41) is 3.39. The second-order valence-corrected chi connectivity index (χ2v) is 7.12. The molecule has 2 N–H and O–H groups in total. The predicted molar refractivity (Wildman–Crippen MR) is 68.3 cm³/mol. The minimum atomic E-state index is -4.54.